The Kier molecular flexibility index (Phi) is 4.88. The van der Waals surface area contributed by atoms with Gasteiger partial charge < -0.3 is 20.3 Å². The number of ether oxygens (including phenoxy) is 1. The number of carbonyl (C=O) groups excluding carboxylic acids is 2. The molecule has 0 aromatic carbocycles. The Hall–Kier alpha value is -1.46. The predicted molar refractivity (Wildman–Crippen MR) is 59.2 cm³/mol. The highest BCUT2D eigenvalue weighted by molar-refractivity contribution is 5.74. The van der Waals surface area contributed by atoms with Crippen molar-refractivity contribution in [2.24, 2.45) is 0 Å². The standard InChI is InChI=1S/C10H19N3O3/c1-8(2)12-9(14)11-4-3-5-13-6-7-16-10(13)15/h8H,3-7H2,1-2H3,(H2,11,12,14). The number of hydrogen-bond donors (Lipinski definition) is 2. The minimum atomic E-state index is -0.258. The van der Waals surface area contributed by atoms with Crippen molar-refractivity contribution in [3.63, 3.8) is 0 Å². The molecule has 0 aromatic heterocycles. The number of carbonyl (C=O) groups is 2. The van der Waals surface area contributed by atoms with Gasteiger partial charge in [-0.05, 0) is 20.3 Å². The number of urea groups is 1. The molecule has 1 rings (SSSR count). The Bertz CT molecular complexity index is 256. The maximum Gasteiger partial charge on any atom is 0.409 e. The lowest BCUT2D eigenvalue weighted by molar-refractivity contribution is 0.158. The zero-order valence-electron chi connectivity index (χ0n) is 9.78. The predicted octanol–water partition coefficient (Wildman–Crippen LogP) is 0.536. The van der Waals surface area contributed by atoms with Gasteiger partial charge in [0.25, 0.3) is 0 Å². The monoisotopic (exact) mass is 229 g/mol. The van der Waals surface area contributed by atoms with Crippen molar-refractivity contribution in [3.05, 3.63) is 0 Å². The molecule has 16 heavy (non-hydrogen) atoms. The average Bonchev–Trinajstić information content (AvgIpc) is 2.58. The van der Waals surface area contributed by atoms with Gasteiger partial charge in [0.05, 0.1) is 6.54 Å². The summed E-state index contributed by atoms with van der Waals surface area (Å²) < 4.78 is 4.78. The van der Waals surface area contributed by atoms with Gasteiger partial charge in [-0.2, -0.15) is 0 Å². The molecule has 1 aliphatic rings. The zero-order valence-corrected chi connectivity index (χ0v) is 9.78. The molecule has 3 amide bonds. The molecule has 6 nitrogen and oxygen atoms in total. The fraction of sp³-hybridized carbons (Fsp3) is 0.800. The molecule has 0 aliphatic carbocycles. The molecule has 1 heterocycles. The summed E-state index contributed by atoms with van der Waals surface area (Å²) in [4.78, 5) is 23.9. The fourth-order valence-corrected chi connectivity index (χ4v) is 1.41. The molecule has 0 unspecified atom stereocenters. The van der Waals surface area contributed by atoms with Crippen molar-refractivity contribution in [1.82, 2.24) is 15.5 Å². The van der Waals surface area contributed by atoms with Gasteiger partial charge in [0.1, 0.15) is 6.61 Å². The molecule has 1 aliphatic heterocycles. The summed E-state index contributed by atoms with van der Waals surface area (Å²) in [7, 11) is 0. The third kappa shape index (κ3) is 4.37. The van der Waals surface area contributed by atoms with E-state index in [-0.39, 0.29) is 18.2 Å². The van der Waals surface area contributed by atoms with Gasteiger partial charge in [-0.25, -0.2) is 9.59 Å². The van der Waals surface area contributed by atoms with E-state index < -0.39 is 0 Å². The molecule has 0 saturated carbocycles. The van der Waals surface area contributed by atoms with Crippen LogP contribution in [0.3, 0.4) is 0 Å². The van der Waals surface area contributed by atoms with E-state index in [2.05, 4.69) is 10.6 Å². The van der Waals surface area contributed by atoms with E-state index in [1.807, 2.05) is 13.8 Å². The van der Waals surface area contributed by atoms with E-state index in [9.17, 15) is 9.59 Å². The van der Waals surface area contributed by atoms with Crippen molar-refractivity contribution in [1.29, 1.82) is 0 Å². The maximum absolute atomic E-state index is 11.2. The first-order valence-corrected chi connectivity index (χ1v) is 5.55. The molecular formula is C10H19N3O3. The van der Waals surface area contributed by atoms with E-state index in [4.69, 9.17) is 4.74 Å². The van der Waals surface area contributed by atoms with Crippen LogP contribution in [0.4, 0.5) is 9.59 Å². The molecule has 2 N–H and O–H groups in total. The highest BCUT2D eigenvalue weighted by Crippen LogP contribution is 2.02. The average molecular weight is 229 g/mol. The fourth-order valence-electron chi connectivity index (χ4n) is 1.41. The van der Waals surface area contributed by atoms with Gasteiger partial charge >= 0.3 is 12.1 Å². The Labute approximate surface area is 95.3 Å². The number of rotatable bonds is 5. The first kappa shape index (κ1) is 12.6. The van der Waals surface area contributed by atoms with E-state index in [1.165, 1.54) is 0 Å². The summed E-state index contributed by atoms with van der Waals surface area (Å²) in [6, 6.07) is -0.0347. The van der Waals surface area contributed by atoms with Gasteiger partial charge in [-0.3, -0.25) is 0 Å². The van der Waals surface area contributed by atoms with Gasteiger partial charge in [0.15, 0.2) is 0 Å². The third-order valence-corrected chi connectivity index (χ3v) is 2.16. The van der Waals surface area contributed by atoms with Crippen LogP contribution in [0.1, 0.15) is 20.3 Å². The summed E-state index contributed by atoms with van der Waals surface area (Å²) in [6.45, 7) is 6.11. The van der Waals surface area contributed by atoms with Crippen LogP contribution in [0.15, 0.2) is 0 Å². The maximum atomic E-state index is 11.2. The SMILES string of the molecule is CC(C)NC(=O)NCCCN1CCOC1=O. The highest BCUT2D eigenvalue weighted by atomic mass is 16.6. The second-order valence-electron chi connectivity index (χ2n) is 4.01. The molecule has 0 spiro atoms. The molecule has 1 fully saturated rings. The van der Waals surface area contributed by atoms with E-state index in [1.54, 1.807) is 4.90 Å². The van der Waals surface area contributed by atoms with Crippen molar-refractivity contribution < 1.29 is 14.3 Å². The van der Waals surface area contributed by atoms with Crippen LogP contribution in [0.25, 0.3) is 0 Å². The van der Waals surface area contributed by atoms with Crippen molar-refractivity contribution in [3.8, 4) is 0 Å². The third-order valence-electron chi connectivity index (χ3n) is 2.16. The van der Waals surface area contributed by atoms with E-state index >= 15 is 0 Å². The van der Waals surface area contributed by atoms with Crippen molar-refractivity contribution in [2.75, 3.05) is 26.2 Å². The first-order chi connectivity index (χ1) is 7.59. The van der Waals surface area contributed by atoms with Crippen LogP contribution in [-0.2, 0) is 4.74 Å². The van der Waals surface area contributed by atoms with Gasteiger partial charge in [-0.15, -0.1) is 0 Å². The van der Waals surface area contributed by atoms with Crippen molar-refractivity contribution in [2.45, 2.75) is 26.3 Å². The van der Waals surface area contributed by atoms with Crippen LogP contribution < -0.4 is 10.6 Å². The number of hydrogen-bond acceptors (Lipinski definition) is 3. The second-order valence-corrected chi connectivity index (χ2v) is 4.01. The lowest BCUT2D eigenvalue weighted by Crippen LogP contribution is -2.40. The van der Waals surface area contributed by atoms with Crippen LogP contribution in [-0.4, -0.2) is 49.3 Å². The molecule has 0 atom stereocenters. The van der Waals surface area contributed by atoms with E-state index in [0.29, 0.717) is 26.2 Å². The van der Waals surface area contributed by atoms with Crippen LogP contribution >= 0.6 is 0 Å². The zero-order chi connectivity index (χ0) is 12.0. The molecular weight excluding hydrogens is 210 g/mol. The highest BCUT2D eigenvalue weighted by Gasteiger charge is 2.20. The Morgan fingerprint density at radius 1 is 1.56 bits per heavy atom. The van der Waals surface area contributed by atoms with Gasteiger partial charge in [-0.1, -0.05) is 0 Å². The van der Waals surface area contributed by atoms with Gasteiger partial charge in [0.2, 0.25) is 0 Å². The van der Waals surface area contributed by atoms with Crippen LogP contribution in [0, 0.1) is 0 Å². The topological polar surface area (TPSA) is 70.7 Å². The van der Waals surface area contributed by atoms with Crippen molar-refractivity contribution >= 4 is 12.1 Å². The number of cyclic esters (lactones) is 1. The van der Waals surface area contributed by atoms with E-state index in [0.717, 1.165) is 6.42 Å². The Balaban J connectivity index is 2.03. The van der Waals surface area contributed by atoms with Gasteiger partial charge in [0, 0.05) is 19.1 Å². The number of nitrogens with zero attached hydrogens (tertiary/aromatic N) is 1. The Morgan fingerprint density at radius 3 is 2.88 bits per heavy atom. The summed E-state index contributed by atoms with van der Waals surface area (Å²) in [5.41, 5.74) is 0. The van der Waals surface area contributed by atoms with Crippen LogP contribution in [0.2, 0.25) is 0 Å². The molecule has 92 valence electrons. The summed E-state index contributed by atoms with van der Waals surface area (Å²) in [6.07, 6.45) is 0.479. The largest absolute Gasteiger partial charge is 0.448 e. The smallest absolute Gasteiger partial charge is 0.409 e. The lowest BCUT2D eigenvalue weighted by atomic mass is 10.4. The number of amides is 3. The second kappa shape index (κ2) is 6.19. The first-order valence-electron chi connectivity index (χ1n) is 5.55. The molecule has 1 saturated heterocycles. The quantitative estimate of drug-likeness (QED) is 0.676. The summed E-state index contributed by atoms with van der Waals surface area (Å²) >= 11 is 0. The lowest BCUT2D eigenvalue weighted by Gasteiger charge is -2.13. The van der Waals surface area contributed by atoms with Crippen LogP contribution in [0.5, 0.6) is 0 Å². The minimum Gasteiger partial charge on any atom is -0.448 e. The molecule has 0 bridgehead atoms. The Morgan fingerprint density at radius 2 is 2.31 bits per heavy atom. The molecule has 6 heteroatoms. The normalized spacial score (nSPS) is 15.2. The summed E-state index contributed by atoms with van der Waals surface area (Å²) in [5, 5.41) is 5.45. The number of nitrogens with one attached hydrogen (secondary N) is 2. The minimum absolute atomic E-state index is 0.133. The summed E-state index contributed by atoms with van der Waals surface area (Å²) in [5.74, 6) is 0. The molecule has 0 radical (unpaired) electrons. The molecule has 0 aromatic rings.